The van der Waals surface area contributed by atoms with Gasteiger partial charge in [-0.2, -0.15) is 0 Å². The van der Waals surface area contributed by atoms with Gasteiger partial charge in [-0.15, -0.1) is 0 Å². The Morgan fingerprint density at radius 1 is 1.50 bits per heavy atom. The molecule has 1 aromatic heterocycles. The number of carbonyl (C=O) groups excluding carboxylic acids is 2. The third-order valence-electron chi connectivity index (χ3n) is 2.14. The van der Waals surface area contributed by atoms with Gasteiger partial charge < -0.3 is 11.1 Å². The molecule has 0 unspecified atom stereocenters. The van der Waals surface area contributed by atoms with Crippen LogP contribution in [0, 0.1) is 0 Å². The number of pyridine rings is 1. The summed E-state index contributed by atoms with van der Waals surface area (Å²) >= 11 is 0. The van der Waals surface area contributed by atoms with E-state index in [2.05, 4.69) is 10.3 Å². The van der Waals surface area contributed by atoms with Crippen molar-refractivity contribution < 1.29 is 9.59 Å². The number of amides is 2. The Morgan fingerprint density at radius 3 is 2.75 bits per heavy atom. The molecule has 5 heteroatoms. The van der Waals surface area contributed by atoms with E-state index in [0.29, 0.717) is 5.56 Å². The summed E-state index contributed by atoms with van der Waals surface area (Å²) in [6, 6.07) is 1.80. The van der Waals surface area contributed by atoms with Crippen LogP contribution in [0.2, 0.25) is 0 Å². The molecule has 16 heavy (non-hydrogen) atoms. The molecule has 0 spiro atoms. The van der Waals surface area contributed by atoms with Crippen LogP contribution in [0.25, 0.3) is 0 Å². The van der Waals surface area contributed by atoms with Crippen LogP contribution in [0.3, 0.4) is 0 Å². The molecule has 0 saturated carbocycles. The first-order chi connectivity index (χ1) is 7.52. The van der Waals surface area contributed by atoms with E-state index in [-0.39, 0.29) is 18.4 Å². The van der Waals surface area contributed by atoms with E-state index in [4.69, 9.17) is 5.73 Å². The molecule has 0 bridgehead atoms. The summed E-state index contributed by atoms with van der Waals surface area (Å²) in [6.45, 7) is 3.81. The lowest BCUT2D eigenvalue weighted by molar-refractivity contribution is -0.117. The van der Waals surface area contributed by atoms with E-state index in [1.807, 2.05) is 13.8 Å². The Kier molecular flexibility index (Phi) is 3.99. The van der Waals surface area contributed by atoms with E-state index >= 15 is 0 Å². The zero-order chi connectivity index (χ0) is 12.1. The zero-order valence-electron chi connectivity index (χ0n) is 9.36. The average Bonchev–Trinajstić information content (AvgIpc) is 2.25. The lowest BCUT2D eigenvalue weighted by Gasteiger charge is -2.11. The number of carbonyl (C=O) groups is 2. The number of hydrogen-bond donors (Lipinski definition) is 2. The maximum absolute atomic E-state index is 11.7. The first-order valence-electron chi connectivity index (χ1n) is 5.02. The molecule has 1 aromatic rings. The van der Waals surface area contributed by atoms with Gasteiger partial charge in [-0.25, -0.2) is 0 Å². The second kappa shape index (κ2) is 5.25. The first-order valence-corrected chi connectivity index (χ1v) is 5.02. The highest BCUT2D eigenvalue weighted by Crippen LogP contribution is 2.17. The molecule has 2 amide bonds. The SMILES string of the molecule is CC(C)c1ccncc1C(=O)NCC(N)=O. The van der Waals surface area contributed by atoms with Gasteiger partial charge in [0.1, 0.15) is 0 Å². The monoisotopic (exact) mass is 221 g/mol. The summed E-state index contributed by atoms with van der Waals surface area (Å²) in [7, 11) is 0. The molecule has 0 aliphatic carbocycles. The lowest BCUT2D eigenvalue weighted by atomic mass is 9.99. The number of nitrogens with one attached hydrogen (secondary N) is 1. The molecular formula is C11H15N3O2. The normalized spacial score (nSPS) is 10.2. The Hall–Kier alpha value is -1.91. The van der Waals surface area contributed by atoms with Crippen molar-refractivity contribution in [2.24, 2.45) is 5.73 Å². The summed E-state index contributed by atoms with van der Waals surface area (Å²) in [6.07, 6.45) is 3.13. The van der Waals surface area contributed by atoms with Gasteiger partial charge in [0.25, 0.3) is 5.91 Å². The second-order valence-corrected chi connectivity index (χ2v) is 3.77. The van der Waals surface area contributed by atoms with Crippen LogP contribution in [0.5, 0.6) is 0 Å². The molecule has 0 aromatic carbocycles. The number of primary amides is 1. The fraction of sp³-hybridized carbons (Fsp3) is 0.364. The number of nitrogens with zero attached hydrogens (tertiary/aromatic N) is 1. The van der Waals surface area contributed by atoms with Crippen LogP contribution >= 0.6 is 0 Å². The molecule has 1 heterocycles. The Bertz CT molecular complexity index is 402. The molecule has 0 aliphatic rings. The molecule has 3 N–H and O–H groups in total. The highest BCUT2D eigenvalue weighted by atomic mass is 16.2. The van der Waals surface area contributed by atoms with Gasteiger partial charge in [-0.05, 0) is 17.5 Å². The van der Waals surface area contributed by atoms with Gasteiger partial charge in [0, 0.05) is 12.4 Å². The fourth-order valence-electron chi connectivity index (χ4n) is 1.36. The van der Waals surface area contributed by atoms with Crippen LogP contribution in [0.1, 0.15) is 35.7 Å². The second-order valence-electron chi connectivity index (χ2n) is 3.77. The maximum Gasteiger partial charge on any atom is 0.253 e. The fourth-order valence-corrected chi connectivity index (χ4v) is 1.36. The van der Waals surface area contributed by atoms with Crippen molar-refractivity contribution in [2.45, 2.75) is 19.8 Å². The molecule has 5 nitrogen and oxygen atoms in total. The van der Waals surface area contributed by atoms with E-state index < -0.39 is 5.91 Å². The van der Waals surface area contributed by atoms with Gasteiger partial charge in [0.05, 0.1) is 12.1 Å². The minimum atomic E-state index is -0.566. The molecule has 86 valence electrons. The predicted octanol–water partition coefficient (Wildman–Crippen LogP) is 0.420. The van der Waals surface area contributed by atoms with Crippen molar-refractivity contribution in [1.29, 1.82) is 0 Å². The van der Waals surface area contributed by atoms with Gasteiger partial charge in [0.15, 0.2) is 0 Å². The number of rotatable bonds is 4. The van der Waals surface area contributed by atoms with Crippen LogP contribution < -0.4 is 11.1 Å². The van der Waals surface area contributed by atoms with Crippen LogP contribution in [0.15, 0.2) is 18.5 Å². The molecule has 1 rings (SSSR count). The highest BCUT2D eigenvalue weighted by Gasteiger charge is 2.13. The van der Waals surface area contributed by atoms with E-state index in [0.717, 1.165) is 5.56 Å². The summed E-state index contributed by atoms with van der Waals surface area (Å²) in [4.78, 5) is 26.2. The van der Waals surface area contributed by atoms with Crippen molar-refractivity contribution >= 4 is 11.8 Å². The Labute approximate surface area is 94.1 Å². The smallest absolute Gasteiger partial charge is 0.253 e. The van der Waals surface area contributed by atoms with Crippen molar-refractivity contribution in [3.8, 4) is 0 Å². The quantitative estimate of drug-likeness (QED) is 0.772. The van der Waals surface area contributed by atoms with Gasteiger partial charge in [-0.3, -0.25) is 14.6 Å². The largest absolute Gasteiger partial charge is 0.368 e. The summed E-state index contributed by atoms with van der Waals surface area (Å²) in [5.41, 5.74) is 6.33. The molecule has 0 atom stereocenters. The Balaban J connectivity index is 2.86. The first kappa shape index (κ1) is 12.2. The lowest BCUT2D eigenvalue weighted by Crippen LogP contribution is -2.33. The molecule has 0 aliphatic heterocycles. The topological polar surface area (TPSA) is 85.1 Å². The van der Waals surface area contributed by atoms with E-state index in [9.17, 15) is 9.59 Å². The summed E-state index contributed by atoms with van der Waals surface area (Å²) in [5.74, 6) is -0.670. The number of aromatic nitrogens is 1. The third-order valence-corrected chi connectivity index (χ3v) is 2.14. The third kappa shape index (κ3) is 3.05. The molecule has 0 saturated heterocycles. The zero-order valence-corrected chi connectivity index (χ0v) is 9.36. The van der Waals surface area contributed by atoms with Crippen molar-refractivity contribution in [3.63, 3.8) is 0 Å². The van der Waals surface area contributed by atoms with E-state index in [1.54, 1.807) is 12.3 Å². The van der Waals surface area contributed by atoms with Crippen LogP contribution in [-0.2, 0) is 4.79 Å². The minimum Gasteiger partial charge on any atom is -0.368 e. The predicted molar refractivity (Wildman–Crippen MR) is 59.9 cm³/mol. The number of nitrogens with two attached hydrogens (primary N) is 1. The minimum absolute atomic E-state index is 0.161. The van der Waals surface area contributed by atoms with E-state index in [1.165, 1.54) is 6.20 Å². The van der Waals surface area contributed by atoms with Crippen molar-refractivity contribution in [1.82, 2.24) is 10.3 Å². The van der Waals surface area contributed by atoms with Gasteiger partial charge in [-0.1, -0.05) is 13.8 Å². The standard InChI is InChI=1S/C11H15N3O2/c1-7(2)8-3-4-13-5-9(8)11(16)14-6-10(12)15/h3-5,7H,6H2,1-2H3,(H2,12,15)(H,14,16). The van der Waals surface area contributed by atoms with Crippen molar-refractivity contribution in [3.05, 3.63) is 29.6 Å². The van der Waals surface area contributed by atoms with Crippen LogP contribution in [-0.4, -0.2) is 23.3 Å². The molecular weight excluding hydrogens is 206 g/mol. The molecule has 0 radical (unpaired) electrons. The van der Waals surface area contributed by atoms with Gasteiger partial charge in [0.2, 0.25) is 5.91 Å². The highest BCUT2D eigenvalue weighted by molar-refractivity contribution is 5.97. The van der Waals surface area contributed by atoms with Gasteiger partial charge >= 0.3 is 0 Å². The summed E-state index contributed by atoms with van der Waals surface area (Å²) < 4.78 is 0. The molecule has 0 fully saturated rings. The summed E-state index contributed by atoms with van der Waals surface area (Å²) in [5, 5.41) is 2.44. The maximum atomic E-state index is 11.7. The number of hydrogen-bond acceptors (Lipinski definition) is 3. The van der Waals surface area contributed by atoms with Crippen LogP contribution in [0.4, 0.5) is 0 Å². The average molecular weight is 221 g/mol. The Morgan fingerprint density at radius 2 is 2.19 bits per heavy atom. The van der Waals surface area contributed by atoms with Crippen molar-refractivity contribution in [2.75, 3.05) is 6.54 Å².